The topological polar surface area (TPSA) is 3.24 Å². The molecule has 54 valence electrons. The van der Waals surface area contributed by atoms with E-state index in [2.05, 4.69) is 0 Å². The van der Waals surface area contributed by atoms with Crippen LogP contribution in [0.15, 0.2) is 0 Å². The van der Waals surface area contributed by atoms with Crippen molar-refractivity contribution in [2.24, 2.45) is 0 Å². The predicted octanol–water partition coefficient (Wildman–Crippen LogP) is 2.85. The Hall–Kier alpha value is 1.40. The molecule has 9 heavy (non-hydrogen) atoms. The number of rotatable bonds is 2. The molecule has 0 N–H and O–H groups in total. The van der Waals surface area contributed by atoms with Crippen LogP contribution in [0.25, 0.3) is 0 Å². The zero-order chi connectivity index (χ0) is 7.65. The molecule has 0 aliphatic heterocycles. The maximum Gasteiger partial charge on any atom is 0.277 e. The van der Waals surface area contributed by atoms with Gasteiger partial charge in [0, 0.05) is 0 Å². The normalized spacial score (nSPS) is 17.7. The van der Waals surface area contributed by atoms with E-state index in [-0.39, 0.29) is 5.72 Å². The number of hydrogen-bond donors (Lipinski definition) is 0. The molecule has 0 spiro atoms. The highest BCUT2D eigenvalue weighted by Gasteiger charge is 2.40. The minimum Gasteiger partial charge on any atom is -0.196 e. The lowest BCUT2D eigenvalue weighted by atomic mass is 10.2. The molecule has 0 amide bonds. The first kappa shape index (κ1) is 10.4. The Morgan fingerprint density at radius 1 is 1.44 bits per heavy atom. The monoisotopic (exact) mass is 223 g/mol. The van der Waals surface area contributed by atoms with Crippen LogP contribution in [0.3, 0.4) is 0 Å². The molecule has 0 rings (SSSR count). The molecule has 1 unspecified atom stereocenters. The predicted molar refractivity (Wildman–Crippen MR) is 48.5 cm³/mol. The van der Waals surface area contributed by atoms with E-state index < -0.39 is 7.42 Å². The van der Waals surface area contributed by atoms with E-state index in [9.17, 15) is 0 Å². The standard InChI is InChI=1S/C2H6BCl4NSi/c1-3(4)9(2,7)8(5)6/h1-2H3. The third-order valence-electron chi connectivity index (χ3n) is 1.06. The van der Waals surface area contributed by atoms with E-state index >= 15 is 0 Å². The van der Waals surface area contributed by atoms with Crippen molar-refractivity contribution >= 4 is 59.2 Å². The summed E-state index contributed by atoms with van der Waals surface area (Å²) in [6.07, 6.45) is 0. The van der Waals surface area contributed by atoms with Gasteiger partial charge in [-0.3, -0.25) is 0 Å². The van der Waals surface area contributed by atoms with Gasteiger partial charge in [0.2, 0.25) is 7.42 Å². The summed E-state index contributed by atoms with van der Waals surface area (Å²) < 4.78 is 0.978. The summed E-state index contributed by atoms with van der Waals surface area (Å²) in [6, 6.07) is 0. The van der Waals surface area contributed by atoms with Gasteiger partial charge in [-0.1, -0.05) is 6.82 Å². The third kappa shape index (κ3) is 2.87. The quantitative estimate of drug-likeness (QED) is 0.396. The summed E-state index contributed by atoms with van der Waals surface area (Å²) in [7, 11) is -2.26. The van der Waals surface area contributed by atoms with Crippen molar-refractivity contribution in [3.63, 3.8) is 0 Å². The molecule has 0 saturated carbocycles. The lowest BCUT2D eigenvalue weighted by molar-refractivity contribution is 1.13. The minimum atomic E-state index is -2.26. The smallest absolute Gasteiger partial charge is 0.196 e. The fourth-order valence-electron chi connectivity index (χ4n) is 0.134. The highest BCUT2D eigenvalue weighted by Crippen LogP contribution is 2.24. The Morgan fingerprint density at radius 2 is 1.78 bits per heavy atom. The van der Waals surface area contributed by atoms with Gasteiger partial charge < -0.3 is 0 Å². The zero-order valence-corrected chi connectivity index (χ0v) is 9.06. The Balaban J connectivity index is 4.01. The van der Waals surface area contributed by atoms with Crippen LogP contribution in [0, 0.1) is 0 Å². The molecule has 0 aromatic heterocycles. The highest BCUT2D eigenvalue weighted by molar-refractivity contribution is 7.63. The van der Waals surface area contributed by atoms with Gasteiger partial charge in [0.25, 0.3) is 5.72 Å². The van der Waals surface area contributed by atoms with E-state index in [1.54, 1.807) is 13.4 Å². The third-order valence-corrected chi connectivity index (χ3v) is 8.89. The Morgan fingerprint density at radius 3 is 1.78 bits per heavy atom. The maximum absolute atomic E-state index is 5.87. The molecule has 0 radical (unpaired) electrons. The summed E-state index contributed by atoms with van der Waals surface area (Å²) in [5, 5.41) is 0. The Bertz CT molecular complexity index is 86.6. The van der Waals surface area contributed by atoms with Crippen molar-refractivity contribution in [1.29, 1.82) is 0 Å². The van der Waals surface area contributed by atoms with E-state index in [4.69, 9.17) is 46.1 Å². The summed E-state index contributed by atoms with van der Waals surface area (Å²) >= 11 is 22.4. The van der Waals surface area contributed by atoms with Gasteiger partial charge >= 0.3 is 0 Å². The van der Waals surface area contributed by atoms with Gasteiger partial charge in [-0.05, 0) is 30.1 Å². The first-order valence-electron chi connectivity index (χ1n) is 2.33. The summed E-state index contributed by atoms with van der Waals surface area (Å²) in [4.78, 5) is 0. The van der Waals surface area contributed by atoms with E-state index in [0.29, 0.717) is 0 Å². The van der Waals surface area contributed by atoms with Crippen molar-refractivity contribution in [2.45, 2.75) is 13.4 Å². The van der Waals surface area contributed by atoms with Gasteiger partial charge in [-0.2, -0.15) is 22.5 Å². The van der Waals surface area contributed by atoms with Gasteiger partial charge in [-0.15, -0.1) is 3.60 Å². The molecular weight excluding hydrogens is 219 g/mol. The average molecular weight is 225 g/mol. The molecule has 0 aromatic carbocycles. The number of nitrogens with zero attached hydrogens (tertiary/aromatic N) is 1. The number of halogens is 4. The largest absolute Gasteiger partial charge is 0.277 e. The van der Waals surface area contributed by atoms with Crippen LogP contribution in [-0.2, 0) is 0 Å². The van der Waals surface area contributed by atoms with Crippen molar-refractivity contribution in [2.75, 3.05) is 0 Å². The average Bonchev–Trinajstić information content (AvgIpc) is 1.65. The molecule has 0 aromatic rings. The molecule has 0 saturated heterocycles. The van der Waals surface area contributed by atoms with Crippen LogP contribution in [0.2, 0.25) is 13.4 Å². The lowest BCUT2D eigenvalue weighted by Gasteiger charge is -2.21. The molecule has 0 aliphatic rings. The van der Waals surface area contributed by atoms with Crippen molar-refractivity contribution in [1.82, 2.24) is 3.60 Å². The van der Waals surface area contributed by atoms with Crippen molar-refractivity contribution < 1.29 is 0 Å². The highest BCUT2D eigenvalue weighted by atomic mass is 35.6. The first-order valence-corrected chi connectivity index (χ1v) is 6.98. The summed E-state index contributed by atoms with van der Waals surface area (Å²) in [6.45, 7) is 3.55. The molecule has 0 fully saturated rings. The molecule has 0 heterocycles. The fourth-order valence-corrected chi connectivity index (χ4v) is 1.87. The minimum absolute atomic E-state index is 0.172. The molecule has 7 heteroatoms. The van der Waals surface area contributed by atoms with Crippen LogP contribution in [0.4, 0.5) is 0 Å². The zero-order valence-electron chi connectivity index (χ0n) is 5.04. The lowest BCUT2D eigenvalue weighted by Crippen LogP contribution is -2.46. The second kappa shape index (κ2) is 3.70. The fraction of sp³-hybridized carbons (Fsp3) is 1.00. The summed E-state index contributed by atoms with van der Waals surface area (Å²) in [5.74, 6) is 0. The van der Waals surface area contributed by atoms with E-state index in [1.165, 1.54) is 0 Å². The molecule has 0 aliphatic carbocycles. The molecule has 1 nitrogen and oxygen atoms in total. The van der Waals surface area contributed by atoms with Crippen LogP contribution in [0.5, 0.6) is 0 Å². The van der Waals surface area contributed by atoms with Crippen molar-refractivity contribution in [3.8, 4) is 0 Å². The van der Waals surface area contributed by atoms with Crippen LogP contribution in [-0.4, -0.2) is 16.7 Å². The number of hydrogen-bond acceptors (Lipinski definition) is 1. The van der Waals surface area contributed by atoms with Gasteiger partial charge in [0.1, 0.15) is 0 Å². The Kier molecular flexibility index (Phi) is 4.27. The second-order valence-corrected chi connectivity index (χ2v) is 9.97. The summed E-state index contributed by atoms with van der Waals surface area (Å²) in [5.41, 5.74) is -0.172. The first-order chi connectivity index (χ1) is 3.89. The second-order valence-electron chi connectivity index (χ2n) is 1.87. The maximum atomic E-state index is 5.87. The van der Waals surface area contributed by atoms with Crippen LogP contribution >= 0.6 is 46.1 Å². The van der Waals surface area contributed by atoms with Crippen molar-refractivity contribution in [3.05, 3.63) is 0 Å². The molecule has 1 atom stereocenters. The molecular formula is C2H6BCl4NSi. The van der Waals surface area contributed by atoms with Gasteiger partial charge in [0.15, 0.2) is 0 Å². The Labute approximate surface area is 76.1 Å². The van der Waals surface area contributed by atoms with Gasteiger partial charge in [-0.25, -0.2) is 0 Å². The van der Waals surface area contributed by atoms with Crippen LogP contribution in [0.1, 0.15) is 0 Å². The molecule has 0 bridgehead atoms. The van der Waals surface area contributed by atoms with Crippen LogP contribution < -0.4 is 0 Å². The van der Waals surface area contributed by atoms with E-state index in [0.717, 1.165) is 3.60 Å². The SMILES string of the molecule is CB(Cl)[Si](C)(Cl)N(Cl)Cl. The van der Waals surface area contributed by atoms with Gasteiger partial charge in [0.05, 0.1) is 0 Å². The van der Waals surface area contributed by atoms with E-state index in [1.807, 2.05) is 0 Å².